The molecule has 7 nitrogen and oxygen atoms in total. The number of fused-ring (bicyclic) bond motifs is 1. The zero-order valence-corrected chi connectivity index (χ0v) is 13.2. The van der Waals surface area contributed by atoms with Crippen molar-refractivity contribution >= 4 is 39.4 Å². The molecule has 3 aromatic rings. The van der Waals surface area contributed by atoms with Gasteiger partial charge in [0.05, 0.1) is 11.3 Å². The summed E-state index contributed by atoms with van der Waals surface area (Å²) in [5.74, 6) is -1.05. The molecule has 8 heteroatoms. The Balaban J connectivity index is 1.65. The lowest BCUT2D eigenvalue weighted by molar-refractivity contribution is -0.123. The highest BCUT2D eigenvalue weighted by molar-refractivity contribution is 7.13. The summed E-state index contributed by atoms with van der Waals surface area (Å²) in [6.45, 7) is 3.33. The van der Waals surface area contributed by atoms with E-state index >= 15 is 0 Å². The van der Waals surface area contributed by atoms with E-state index in [2.05, 4.69) is 15.3 Å². The van der Waals surface area contributed by atoms with Gasteiger partial charge in [0.2, 0.25) is 0 Å². The molecule has 0 bridgehead atoms. The number of hydrogen-bond donors (Lipinski definition) is 1. The maximum absolute atomic E-state index is 12.1. The van der Waals surface area contributed by atoms with E-state index < -0.39 is 18.0 Å². The van der Waals surface area contributed by atoms with Gasteiger partial charge in [-0.2, -0.15) is 0 Å². The Hall–Kier alpha value is -2.74. The molecule has 1 aromatic carbocycles. The van der Waals surface area contributed by atoms with Crippen molar-refractivity contribution in [1.82, 2.24) is 9.97 Å². The molecule has 1 unspecified atom stereocenters. The van der Waals surface area contributed by atoms with Crippen molar-refractivity contribution in [2.45, 2.75) is 20.0 Å². The highest BCUT2D eigenvalue weighted by Crippen LogP contribution is 2.17. The number of benzene rings is 1. The molecule has 23 heavy (non-hydrogen) atoms. The van der Waals surface area contributed by atoms with Crippen LogP contribution in [0, 0.1) is 6.92 Å². The number of rotatable bonds is 4. The average molecular weight is 331 g/mol. The topological polar surface area (TPSA) is 94.3 Å². The van der Waals surface area contributed by atoms with Crippen molar-refractivity contribution in [2.75, 3.05) is 5.32 Å². The van der Waals surface area contributed by atoms with Gasteiger partial charge in [-0.15, -0.1) is 11.3 Å². The summed E-state index contributed by atoms with van der Waals surface area (Å²) < 4.78 is 10.3. The van der Waals surface area contributed by atoms with Crippen molar-refractivity contribution in [3.05, 3.63) is 41.2 Å². The van der Waals surface area contributed by atoms with Gasteiger partial charge in [0.1, 0.15) is 5.52 Å². The third-order valence-corrected chi connectivity index (χ3v) is 3.94. The Morgan fingerprint density at radius 1 is 1.39 bits per heavy atom. The molecule has 3 rings (SSSR count). The lowest BCUT2D eigenvalue weighted by atomic mass is 10.2. The minimum atomic E-state index is -0.947. The molecule has 0 aliphatic carbocycles. The first kappa shape index (κ1) is 15.2. The molecule has 2 heterocycles. The van der Waals surface area contributed by atoms with Crippen LogP contribution in [-0.4, -0.2) is 27.9 Å². The van der Waals surface area contributed by atoms with E-state index in [1.807, 2.05) is 12.3 Å². The van der Waals surface area contributed by atoms with Crippen LogP contribution in [0.2, 0.25) is 0 Å². The molecule has 0 spiro atoms. The summed E-state index contributed by atoms with van der Waals surface area (Å²) in [5.41, 5.74) is 2.23. The van der Waals surface area contributed by atoms with Gasteiger partial charge in [0.25, 0.3) is 5.91 Å². The number of aryl methyl sites for hydroxylation is 1. The molecule has 118 valence electrons. The zero-order valence-electron chi connectivity index (χ0n) is 12.4. The van der Waals surface area contributed by atoms with Gasteiger partial charge in [0, 0.05) is 5.38 Å². The van der Waals surface area contributed by atoms with Crippen LogP contribution in [0.5, 0.6) is 0 Å². The molecule has 1 N–H and O–H groups in total. The van der Waals surface area contributed by atoms with E-state index in [0.717, 1.165) is 5.69 Å². The second-order valence-corrected chi connectivity index (χ2v) is 5.72. The molecule has 0 aliphatic heterocycles. The van der Waals surface area contributed by atoms with Crippen LogP contribution < -0.4 is 5.32 Å². The van der Waals surface area contributed by atoms with Crippen LogP contribution in [-0.2, 0) is 9.53 Å². The van der Waals surface area contributed by atoms with Crippen molar-refractivity contribution in [2.24, 2.45) is 0 Å². The van der Waals surface area contributed by atoms with Gasteiger partial charge in [-0.05, 0) is 32.0 Å². The third-order valence-electron chi connectivity index (χ3n) is 3.07. The highest BCUT2D eigenvalue weighted by atomic mass is 32.1. The smallest absolute Gasteiger partial charge is 0.339 e. The van der Waals surface area contributed by atoms with E-state index in [9.17, 15) is 9.59 Å². The Labute approximate surface area is 135 Å². The predicted molar refractivity (Wildman–Crippen MR) is 84.4 cm³/mol. The number of oxazole rings is 1. The Morgan fingerprint density at radius 2 is 2.22 bits per heavy atom. The van der Waals surface area contributed by atoms with Crippen LogP contribution in [0.15, 0.2) is 34.4 Å². The van der Waals surface area contributed by atoms with E-state index in [1.165, 1.54) is 30.7 Å². The van der Waals surface area contributed by atoms with Gasteiger partial charge in [-0.3, -0.25) is 10.1 Å². The number of thiazole rings is 1. The number of anilines is 1. The average Bonchev–Trinajstić information content (AvgIpc) is 3.14. The quantitative estimate of drug-likeness (QED) is 0.739. The van der Waals surface area contributed by atoms with Crippen LogP contribution >= 0.6 is 11.3 Å². The highest BCUT2D eigenvalue weighted by Gasteiger charge is 2.20. The Kier molecular flexibility index (Phi) is 4.07. The van der Waals surface area contributed by atoms with E-state index in [0.29, 0.717) is 21.8 Å². The standard InChI is InChI=1S/C15H13N3O4S/c1-8-6-23-15(17-8)18-13(19)9(2)22-14(20)10-3-4-11-12(5-10)21-7-16-11/h3-7,9H,1-2H3,(H,17,18,19). The van der Waals surface area contributed by atoms with E-state index in [1.54, 1.807) is 12.1 Å². The van der Waals surface area contributed by atoms with Gasteiger partial charge >= 0.3 is 5.97 Å². The maximum atomic E-state index is 12.1. The monoisotopic (exact) mass is 331 g/mol. The minimum Gasteiger partial charge on any atom is -0.449 e. The first-order valence-electron chi connectivity index (χ1n) is 6.80. The summed E-state index contributed by atoms with van der Waals surface area (Å²) in [7, 11) is 0. The van der Waals surface area contributed by atoms with Gasteiger partial charge in [-0.1, -0.05) is 0 Å². The third kappa shape index (κ3) is 3.37. The fourth-order valence-corrected chi connectivity index (χ4v) is 2.57. The maximum Gasteiger partial charge on any atom is 0.339 e. The molecule has 0 saturated heterocycles. The molecule has 1 amide bonds. The lowest BCUT2D eigenvalue weighted by Gasteiger charge is -2.12. The summed E-state index contributed by atoms with van der Waals surface area (Å²) in [4.78, 5) is 32.2. The molecule has 0 radical (unpaired) electrons. The number of esters is 1. The molecule has 0 fully saturated rings. The van der Waals surface area contributed by atoms with Gasteiger partial charge < -0.3 is 9.15 Å². The van der Waals surface area contributed by atoms with Crippen molar-refractivity contribution in [3.8, 4) is 0 Å². The second-order valence-electron chi connectivity index (χ2n) is 4.87. The summed E-state index contributed by atoms with van der Waals surface area (Å²) >= 11 is 1.31. The van der Waals surface area contributed by atoms with Crippen molar-refractivity contribution in [1.29, 1.82) is 0 Å². The number of carbonyl (C=O) groups is 2. The van der Waals surface area contributed by atoms with Crippen LogP contribution in [0.4, 0.5) is 5.13 Å². The number of ether oxygens (including phenoxy) is 1. The number of aromatic nitrogens is 2. The lowest BCUT2D eigenvalue weighted by Crippen LogP contribution is -2.29. The molecular weight excluding hydrogens is 318 g/mol. The summed E-state index contributed by atoms with van der Waals surface area (Å²) in [6.07, 6.45) is 0.350. The fraction of sp³-hybridized carbons (Fsp3) is 0.200. The van der Waals surface area contributed by atoms with Gasteiger partial charge in [-0.25, -0.2) is 14.8 Å². The van der Waals surface area contributed by atoms with Gasteiger partial charge in [0.15, 0.2) is 23.2 Å². The second kappa shape index (κ2) is 6.17. The number of nitrogens with one attached hydrogen (secondary N) is 1. The summed E-state index contributed by atoms with van der Waals surface area (Å²) in [6, 6.07) is 4.75. The molecule has 1 atom stereocenters. The molecule has 0 saturated carbocycles. The molecule has 0 aliphatic rings. The predicted octanol–water partition coefficient (Wildman–Crippen LogP) is 2.78. The first-order chi connectivity index (χ1) is 11.0. The Morgan fingerprint density at radius 3 is 2.96 bits per heavy atom. The fourth-order valence-electron chi connectivity index (χ4n) is 1.88. The van der Waals surface area contributed by atoms with Crippen molar-refractivity contribution < 1.29 is 18.7 Å². The molecule has 2 aromatic heterocycles. The number of carbonyl (C=O) groups excluding carboxylic acids is 2. The van der Waals surface area contributed by atoms with E-state index in [4.69, 9.17) is 9.15 Å². The SMILES string of the molecule is Cc1csc(NC(=O)C(C)OC(=O)c2ccc3ncoc3c2)n1. The van der Waals surface area contributed by atoms with Crippen LogP contribution in [0.25, 0.3) is 11.1 Å². The number of nitrogens with zero attached hydrogens (tertiary/aromatic N) is 2. The number of hydrogen-bond acceptors (Lipinski definition) is 7. The normalized spacial score (nSPS) is 12.1. The van der Waals surface area contributed by atoms with Crippen LogP contribution in [0.1, 0.15) is 23.0 Å². The van der Waals surface area contributed by atoms with Crippen molar-refractivity contribution in [3.63, 3.8) is 0 Å². The summed E-state index contributed by atoms with van der Waals surface area (Å²) in [5, 5.41) is 4.90. The van der Waals surface area contributed by atoms with Crippen LogP contribution in [0.3, 0.4) is 0 Å². The minimum absolute atomic E-state index is 0.291. The van der Waals surface area contributed by atoms with E-state index in [-0.39, 0.29) is 0 Å². The molecular formula is C15H13N3O4S. The number of amides is 1. The zero-order chi connectivity index (χ0) is 16.4. The Bertz CT molecular complexity index is 870. The first-order valence-corrected chi connectivity index (χ1v) is 7.68. The largest absolute Gasteiger partial charge is 0.449 e.